The summed E-state index contributed by atoms with van der Waals surface area (Å²) in [6.07, 6.45) is 3.06. The van der Waals surface area contributed by atoms with E-state index in [0.29, 0.717) is 6.04 Å². The van der Waals surface area contributed by atoms with E-state index in [9.17, 15) is 0 Å². The lowest BCUT2D eigenvalue weighted by Gasteiger charge is -2.43. The van der Waals surface area contributed by atoms with Crippen molar-refractivity contribution in [1.29, 1.82) is 0 Å². The van der Waals surface area contributed by atoms with Crippen LogP contribution in [-0.4, -0.2) is 45.3 Å². The van der Waals surface area contributed by atoms with Gasteiger partial charge in [-0.25, -0.2) is 4.98 Å². The second-order valence-electron chi connectivity index (χ2n) is 8.85. The maximum Gasteiger partial charge on any atom is 0.161 e. The van der Waals surface area contributed by atoms with Crippen LogP contribution < -0.4 is 10.2 Å². The van der Waals surface area contributed by atoms with E-state index in [0.717, 1.165) is 56.0 Å². The molecular weight excluding hydrogens is 408 g/mol. The van der Waals surface area contributed by atoms with Gasteiger partial charge >= 0.3 is 0 Å². The molecule has 5 rings (SSSR count). The monoisotopic (exact) mass is 440 g/mol. The van der Waals surface area contributed by atoms with Gasteiger partial charge in [-0.05, 0) is 17.5 Å². The number of fused-ring (bicyclic) bond motifs is 1. The first-order chi connectivity index (χ1) is 16.2. The lowest BCUT2D eigenvalue weighted by atomic mass is 10.1. The first kappa shape index (κ1) is 21.5. The average Bonchev–Trinajstić information content (AvgIpc) is 3.24. The van der Waals surface area contributed by atoms with Crippen LogP contribution in [0.2, 0.25) is 0 Å². The molecule has 3 heterocycles. The minimum atomic E-state index is 0.454. The van der Waals surface area contributed by atoms with Gasteiger partial charge in [-0.3, -0.25) is 9.58 Å². The van der Waals surface area contributed by atoms with Gasteiger partial charge in [-0.1, -0.05) is 67.6 Å². The van der Waals surface area contributed by atoms with Crippen molar-refractivity contribution in [2.75, 3.05) is 29.9 Å². The van der Waals surface area contributed by atoms with E-state index < -0.39 is 0 Å². The largest absolute Gasteiger partial charge is 0.366 e. The van der Waals surface area contributed by atoms with E-state index in [1.165, 1.54) is 16.8 Å². The fourth-order valence-corrected chi connectivity index (χ4v) is 4.79. The molecule has 6 nitrogen and oxygen atoms in total. The van der Waals surface area contributed by atoms with E-state index in [4.69, 9.17) is 4.98 Å². The number of piperazine rings is 1. The summed E-state index contributed by atoms with van der Waals surface area (Å²) in [5.41, 5.74) is 4.78. The molecule has 1 aliphatic heterocycles. The number of benzene rings is 2. The van der Waals surface area contributed by atoms with E-state index in [1.54, 1.807) is 0 Å². The highest BCUT2D eigenvalue weighted by Crippen LogP contribution is 2.32. The number of pyridine rings is 1. The van der Waals surface area contributed by atoms with Crippen molar-refractivity contribution in [3.05, 3.63) is 84.1 Å². The molecular formula is C27H32N6. The molecule has 0 aliphatic carbocycles. The molecule has 0 bridgehead atoms. The summed E-state index contributed by atoms with van der Waals surface area (Å²) >= 11 is 0. The highest BCUT2D eigenvalue weighted by Gasteiger charge is 2.28. The van der Waals surface area contributed by atoms with Crippen molar-refractivity contribution >= 4 is 22.5 Å². The molecule has 1 aliphatic rings. The Morgan fingerprint density at radius 1 is 0.970 bits per heavy atom. The van der Waals surface area contributed by atoms with Crippen LogP contribution in [0.15, 0.2) is 72.9 Å². The number of hydrogen-bond acceptors (Lipinski definition) is 5. The first-order valence-corrected chi connectivity index (χ1v) is 11.8. The highest BCUT2D eigenvalue weighted by molar-refractivity contribution is 5.91. The third-order valence-corrected chi connectivity index (χ3v) is 6.60. The standard InChI is InChI=1S/C27H32N6/c1-3-23-20-32(19-22-12-8-5-9-13-22)14-15-33(23)25-16-26(28-17-21-10-6-4-7-11-21)30-27-24(25)18-29-31(27)2/h4-13,16,18,23H,3,14-15,17,19-20H2,1-2H3,(H,28,30)/t23-/m0/s1. The van der Waals surface area contributed by atoms with Crippen LogP contribution in [0.3, 0.4) is 0 Å². The number of aromatic nitrogens is 3. The Kier molecular flexibility index (Phi) is 6.26. The molecule has 1 saturated heterocycles. The normalized spacial score (nSPS) is 16.9. The molecule has 1 fully saturated rings. The topological polar surface area (TPSA) is 49.2 Å². The number of nitrogens with one attached hydrogen (secondary N) is 1. The molecule has 6 heteroatoms. The van der Waals surface area contributed by atoms with Gasteiger partial charge in [0.05, 0.1) is 17.3 Å². The van der Waals surface area contributed by atoms with Crippen molar-refractivity contribution in [3.63, 3.8) is 0 Å². The Balaban J connectivity index is 1.39. The second-order valence-corrected chi connectivity index (χ2v) is 8.85. The van der Waals surface area contributed by atoms with Crippen molar-refractivity contribution in [2.24, 2.45) is 7.05 Å². The van der Waals surface area contributed by atoms with Gasteiger partial charge in [0.25, 0.3) is 0 Å². The summed E-state index contributed by atoms with van der Waals surface area (Å²) in [7, 11) is 1.97. The zero-order valence-corrected chi connectivity index (χ0v) is 19.5. The Bertz CT molecular complexity index is 1190. The van der Waals surface area contributed by atoms with Gasteiger partial charge in [0.1, 0.15) is 5.82 Å². The Hall–Kier alpha value is -3.38. The first-order valence-electron chi connectivity index (χ1n) is 11.8. The fourth-order valence-electron chi connectivity index (χ4n) is 4.79. The molecule has 2 aromatic heterocycles. The lowest BCUT2D eigenvalue weighted by Crippen LogP contribution is -2.52. The number of aryl methyl sites for hydroxylation is 1. The average molecular weight is 441 g/mol. The second kappa shape index (κ2) is 9.63. The molecule has 0 saturated carbocycles. The van der Waals surface area contributed by atoms with Crippen molar-refractivity contribution in [1.82, 2.24) is 19.7 Å². The van der Waals surface area contributed by atoms with Gasteiger partial charge < -0.3 is 10.2 Å². The summed E-state index contributed by atoms with van der Waals surface area (Å²) in [6.45, 7) is 7.15. The van der Waals surface area contributed by atoms with Crippen LogP contribution in [0.25, 0.3) is 11.0 Å². The maximum absolute atomic E-state index is 4.88. The van der Waals surface area contributed by atoms with Crippen molar-refractivity contribution < 1.29 is 0 Å². The molecule has 33 heavy (non-hydrogen) atoms. The van der Waals surface area contributed by atoms with E-state index in [-0.39, 0.29) is 0 Å². The molecule has 2 aromatic carbocycles. The highest BCUT2D eigenvalue weighted by atomic mass is 15.3. The molecule has 0 radical (unpaired) electrons. The molecule has 0 amide bonds. The molecule has 1 atom stereocenters. The maximum atomic E-state index is 4.88. The Morgan fingerprint density at radius 2 is 1.70 bits per heavy atom. The lowest BCUT2D eigenvalue weighted by molar-refractivity contribution is 0.212. The molecule has 4 aromatic rings. The molecule has 1 N–H and O–H groups in total. The molecule has 0 unspecified atom stereocenters. The summed E-state index contributed by atoms with van der Waals surface area (Å²) in [6, 6.07) is 23.9. The van der Waals surface area contributed by atoms with Crippen LogP contribution in [0.4, 0.5) is 11.5 Å². The van der Waals surface area contributed by atoms with Crippen LogP contribution >= 0.6 is 0 Å². The van der Waals surface area contributed by atoms with Crippen molar-refractivity contribution in [3.8, 4) is 0 Å². The van der Waals surface area contributed by atoms with Gasteiger partial charge in [0, 0.05) is 51.9 Å². The number of anilines is 2. The summed E-state index contributed by atoms with van der Waals surface area (Å²) < 4.78 is 1.87. The Morgan fingerprint density at radius 3 is 2.42 bits per heavy atom. The van der Waals surface area contributed by atoms with Gasteiger partial charge in [-0.2, -0.15) is 5.10 Å². The van der Waals surface area contributed by atoms with Crippen LogP contribution in [0.1, 0.15) is 24.5 Å². The number of rotatable bonds is 7. The number of nitrogens with zero attached hydrogens (tertiary/aromatic N) is 5. The van der Waals surface area contributed by atoms with Gasteiger partial charge in [0.15, 0.2) is 5.65 Å². The van der Waals surface area contributed by atoms with E-state index in [2.05, 4.69) is 87.8 Å². The fraction of sp³-hybridized carbons (Fsp3) is 0.333. The SMILES string of the molecule is CC[C@H]1CN(Cc2ccccc2)CCN1c1cc(NCc2ccccc2)nc2c1cnn2C. The summed E-state index contributed by atoms with van der Waals surface area (Å²) in [4.78, 5) is 10.0. The quantitative estimate of drug-likeness (QED) is 0.452. The molecule has 0 spiro atoms. The van der Waals surface area contributed by atoms with Crippen molar-refractivity contribution in [2.45, 2.75) is 32.5 Å². The van der Waals surface area contributed by atoms with Crippen LogP contribution in [0.5, 0.6) is 0 Å². The van der Waals surface area contributed by atoms with E-state index in [1.807, 2.05) is 24.0 Å². The third kappa shape index (κ3) is 4.71. The van der Waals surface area contributed by atoms with Gasteiger partial charge in [-0.15, -0.1) is 0 Å². The number of hydrogen-bond donors (Lipinski definition) is 1. The van der Waals surface area contributed by atoms with Crippen LogP contribution in [0, 0.1) is 0 Å². The minimum Gasteiger partial charge on any atom is -0.366 e. The Labute approximate surface area is 195 Å². The third-order valence-electron chi connectivity index (χ3n) is 6.60. The summed E-state index contributed by atoms with van der Waals surface area (Å²) in [5, 5.41) is 9.18. The summed E-state index contributed by atoms with van der Waals surface area (Å²) in [5.74, 6) is 0.895. The van der Waals surface area contributed by atoms with Crippen LogP contribution in [-0.2, 0) is 20.1 Å². The smallest absolute Gasteiger partial charge is 0.161 e. The minimum absolute atomic E-state index is 0.454. The predicted molar refractivity (Wildman–Crippen MR) is 135 cm³/mol. The zero-order valence-electron chi connectivity index (χ0n) is 19.5. The van der Waals surface area contributed by atoms with Gasteiger partial charge in [0.2, 0.25) is 0 Å². The zero-order chi connectivity index (χ0) is 22.6. The predicted octanol–water partition coefficient (Wildman–Crippen LogP) is 4.68. The van der Waals surface area contributed by atoms with E-state index >= 15 is 0 Å². The molecule has 170 valence electrons.